The Morgan fingerprint density at radius 3 is 2.43 bits per heavy atom. The van der Waals surface area contributed by atoms with Crippen molar-refractivity contribution in [2.24, 2.45) is 11.7 Å². The average molecular weight is 312 g/mol. The van der Waals surface area contributed by atoms with Gasteiger partial charge in [-0.2, -0.15) is 0 Å². The summed E-state index contributed by atoms with van der Waals surface area (Å²) >= 11 is 0. The first-order valence-corrected chi connectivity index (χ1v) is 8.79. The summed E-state index contributed by atoms with van der Waals surface area (Å²) in [4.78, 5) is 11.7. The van der Waals surface area contributed by atoms with Crippen molar-refractivity contribution in [2.75, 3.05) is 12.3 Å². The van der Waals surface area contributed by atoms with Crippen LogP contribution < -0.4 is 10.5 Å². The van der Waals surface area contributed by atoms with Crippen molar-refractivity contribution in [3.05, 3.63) is 35.4 Å². The van der Waals surface area contributed by atoms with E-state index < -0.39 is 15.9 Å². The Balaban J connectivity index is 2.61. The maximum atomic E-state index is 11.7. The lowest BCUT2D eigenvalue weighted by atomic mass is 9.95. The predicted molar refractivity (Wildman–Crippen MR) is 84.3 cm³/mol. The topological polar surface area (TPSA) is 89.3 Å². The van der Waals surface area contributed by atoms with Crippen LogP contribution in [-0.2, 0) is 27.7 Å². The summed E-state index contributed by atoms with van der Waals surface area (Å²) < 4.78 is 24.9. The number of carbonyl (C=O) groups excluding carboxylic acids is 1. The molecule has 0 unspecified atom stereocenters. The zero-order chi connectivity index (χ0) is 15.9. The standard InChI is InChI=1S/C15H24N2O3S/c1-12(2)11-14-6-4-3-5-13(14)7-8-15(18)17-21(19,20)10-9-16/h3-6,12H,7-11,16H2,1-2H3,(H,17,18). The quantitative estimate of drug-likeness (QED) is 0.755. The molecule has 21 heavy (non-hydrogen) atoms. The Bertz CT molecular complexity index is 568. The van der Waals surface area contributed by atoms with Crippen LogP contribution in [0.5, 0.6) is 0 Å². The number of rotatable bonds is 8. The van der Waals surface area contributed by atoms with Crippen molar-refractivity contribution in [1.82, 2.24) is 4.72 Å². The van der Waals surface area contributed by atoms with Gasteiger partial charge in [0, 0.05) is 13.0 Å². The highest BCUT2D eigenvalue weighted by atomic mass is 32.2. The molecule has 0 saturated heterocycles. The maximum Gasteiger partial charge on any atom is 0.236 e. The second kappa shape index (κ2) is 8.14. The van der Waals surface area contributed by atoms with Gasteiger partial charge in [0.25, 0.3) is 0 Å². The van der Waals surface area contributed by atoms with Gasteiger partial charge in [-0.05, 0) is 29.9 Å². The summed E-state index contributed by atoms with van der Waals surface area (Å²) in [5.74, 6) is -0.185. The molecule has 6 heteroatoms. The summed E-state index contributed by atoms with van der Waals surface area (Å²) in [6.45, 7) is 4.28. The van der Waals surface area contributed by atoms with Gasteiger partial charge in [0.1, 0.15) is 0 Å². The van der Waals surface area contributed by atoms with Crippen LogP contribution in [0, 0.1) is 5.92 Å². The van der Waals surface area contributed by atoms with Crippen LogP contribution >= 0.6 is 0 Å². The smallest absolute Gasteiger partial charge is 0.236 e. The van der Waals surface area contributed by atoms with Crippen LogP contribution in [0.3, 0.4) is 0 Å². The lowest BCUT2D eigenvalue weighted by Gasteiger charge is -2.11. The Morgan fingerprint density at radius 1 is 1.24 bits per heavy atom. The molecule has 0 spiro atoms. The molecule has 0 bridgehead atoms. The van der Waals surface area contributed by atoms with Crippen LogP contribution in [0.15, 0.2) is 24.3 Å². The third kappa shape index (κ3) is 6.73. The second-order valence-electron chi connectivity index (χ2n) is 5.50. The van der Waals surface area contributed by atoms with Gasteiger partial charge in [0.05, 0.1) is 5.75 Å². The molecule has 0 saturated carbocycles. The van der Waals surface area contributed by atoms with E-state index in [1.807, 2.05) is 22.9 Å². The van der Waals surface area contributed by atoms with Gasteiger partial charge in [0.15, 0.2) is 0 Å². The van der Waals surface area contributed by atoms with Crippen LogP contribution in [0.4, 0.5) is 0 Å². The first-order valence-electron chi connectivity index (χ1n) is 7.14. The summed E-state index contributed by atoms with van der Waals surface area (Å²) in [6.07, 6.45) is 1.63. The van der Waals surface area contributed by atoms with E-state index in [0.717, 1.165) is 12.0 Å². The molecule has 0 aromatic heterocycles. The average Bonchev–Trinajstić information content (AvgIpc) is 2.36. The first-order chi connectivity index (χ1) is 9.84. The predicted octanol–water partition coefficient (Wildman–Crippen LogP) is 1.22. The monoisotopic (exact) mass is 312 g/mol. The molecule has 5 nitrogen and oxygen atoms in total. The lowest BCUT2D eigenvalue weighted by Crippen LogP contribution is -2.34. The third-order valence-electron chi connectivity index (χ3n) is 3.02. The van der Waals surface area contributed by atoms with Crippen LogP contribution in [0.2, 0.25) is 0 Å². The van der Waals surface area contributed by atoms with E-state index in [2.05, 4.69) is 19.9 Å². The molecular formula is C15H24N2O3S. The number of hydrogen-bond donors (Lipinski definition) is 2. The van der Waals surface area contributed by atoms with E-state index in [9.17, 15) is 13.2 Å². The number of nitrogens with one attached hydrogen (secondary N) is 1. The Morgan fingerprint density at radius 2 is 1.86 bits per heavy atom. The molecule has 1 aromatic carbocycles. The molecular weight excluding hydrogens is 288 g/mol. The molecule has 0 heterocycles. The Labute approximate surface area is 127 Å². The van der Waals surface area contributed by atoms with E-state index in [1.54, 1.807) is 0 Å². The Hall–Kier alpha value is -1.40. The highest BCUT2D eigenvalue weighted by molar-refractivity contribution is 7.90. The number of hydrogen-bond acceptors (Lipinski definition) is 4. The number of sulfonamides is 1. The fraction of sp³-hybridized carbons (Fsp3) is 0.533. The summed E-state index contributed by atoms with van der Waals surface area (Å²) in [7, 11) is -3.59. The minimum atomic E-state index is -3.59. The van der Waals surface area contributed by atoms with Crippen molar-refractivity contribution in [2.45, 2.75) is 33.1 Å². The van der Waals surface area contributed by atoms with E-state index in [0.29, 0.717) is 12.3 Å². The molecule has 0 aliphatic rings. The zero-order valence-corrected chi connectivity index (χ0v) is 13.4. The molecule has 0 aliphatic carbocycles. The van der Waals surface area contributed by atoms with Gasteiger partial charge in [-0.25, -0.2) is 8.42 Å². The van der Waals surface area contributed by atoms with Crippen molar-refractivity contribution >= 4 is 15.9 Å². The molecule has 1 aromatic rings. The van der Waals surface area contributed by atoms with E-state index in [4.69, 9.17) is 5.73 Å². The van der Waals surface area contributed by atoms with Gasteiger partial charge < -0.3 is 5.73 Å². The molecule has 118 valence electrons. The molecule has 1 amide bonds. The van der Waals surface area contributed by atoms with Crippen LogP contribution in [-0.4, -0.2) is 26.6 Å². The molecule has 1 rings (SSSR count). The second-order valence-corrected chi connectivity index (χ2v) is 7.34. The summed E-state index contributed by atoms with van der Waals surface area (Å²) in [6, 6.07) is 7.95. The number of amides is 1. The summed E-state index contributed by atoms with van der Waals surface area (Å²) in [5, 5.41) is 0. The van der Waals surface area contributed by atoms with Gasteiger partial charge in [0.2, 0.25) is 15.9 Å². The van der Waals surface area contributed by atoms with Gasteiger partial charge in [-0.1, -0.05) is 38.1 Å². The zero-order valence-electron chi connectivity index (χ0n) is 12.6. The van der Waals surface area contributed by atoms with Crippen molar-refractivity contribution < 1.29 is 13.2 Å². The van der Waals surface area contributed by atoms with Crippen molar-refractivity contribution in [3.8, 4) is 0 Å². The molecule has 0 atom stereocenters. The fourth-order valence-corrected chi connectivity index (χ4v) is 2.98. The van der Waals surface area contributed by atoms with Crippen molar-refractivity contribution in [3.63, 3.8) is 0 Å². The third-order valence-corrected chi connectivity index (χ3v) is 4.34. The molecule has 0 aliphatic heterocycles. The molecule has 3 N–H and O–H groups in total. The highest BCUT2D eigenvalue weighted by Gasteiger charge is 2.14. The van der Waals surface area contributed by atoms with Crippen molar-refractivity contribution in [1.29, 1.82) is 0 Å². The van der Waals surface area contributed by atoms with Gasteiger partial charge in [-0.3, -0.25) is 9.52 Å². The maximum absolute atomic E-state index is 11.7. The number of aryl methyl sites for hydroxylation is 1. The number of benzene rings is 1. The van der Waals surface area contributed by atoms with Gasteiger partial charge in [-0.15, -0.1) is 0 Å². The Kier molecular flexibility index (Phi) is 6.84. The fourth-order valence-electron chi connectivity index (χ4n) is 2.12. The largest absolute Gasteiger partial charge is 0.329 e. The van der Waals surface area contributed by atoms with Crippen LogP contribution in [0.25, 0.3) is 0 Å². The minimum absolute atomic E-state index is 0.000164. The molecule has 0 fully saturated rings. The number of carbonyl (C=O) groups is 1. The van der Waals surface area contributed by atoms with Gasteiger partial charge >= 0.3 is 0 Å². The lowest BCUT2D eigenvalue weighted by molar-refractivity contribution is -0.119. The molecule has 0 radical (unpaired) electrons. The van der Waals surface area contributed by atoms with Crippen LogP contribution in [0.1, 0.15) is 31.4 Å². The van der Waals surface area contributed by atoms with E-state index in [-0.39, 0.29) is 18.7 Å². The SMILES string of the molecule is CC(C)Cc1ccccc1CCC(=O)NS(=O)(=O)CCN. The normalized spacial score (nSPS) is 11.6. The number of nitrogens with two attached hydrogens (primary N) is 1. The van der Waals surface area contributed by atoms with E-state index >= 15 is 0 Å². The highest BCUT2D eigenvalue weighted by Crippen LogP contribution is 2.15. The van der Waals surface area contributed by atoms with E-state index in [1.165, 1.54) is 5.56 Å². The minimum Gasteiger partial charge on any atom is -0.329 e. The first kappa shape index (κ1) is 17.7. The summed E-state index contributed by atoms with van der Waals surface area (Å²) in [5.41, 5.74) is 7.50.